The van der Waals surface area contributed by atoms with E-state index >= 15 is 0 Å². The molecule has 1 aliphatic rings. The first-order valence-corrected chi connectivity index (χ1v) is 10.4. The van der Waals surface area contributed by atoms with Crippen molar-refractivity contribution < 1.29 is 43.2 Å². The maximum atomic E-state index is 12.4. The molecule has 1 rings (SSSR count). The molecule has 0 spiro atoms. The molecular weight excluding hydrogens is 465 g/mol. The first-order chi connectivity index (χ1) is 15.6. The zero-order valence-corrected chi connectivity index (χ0v) is 18.5. The molecule has 33 heavy (non-hydrogen) atoms. The standard InChI is InChI=1S/C10H14FN3OS.C8H12N2O7/c1-2-3-5-12-10(15)9-7-8(16-11)4-6-13-14-9;11-5(12)2-1-4(7(15)16)10-8(17)9-3-6(13)14/h4,6-7,9H,2-3,5H2,1H3,(H,12,15);4H,1-3H2,(H,11,12)(H,13,14)(H,15,16)(H2,9,10,17). The molecule has 15 heteroatoms. The van der Waals surface area contributed by atoms with Gasteiger partial charge in [0.05, 0.1) is 18.3 Å². The Kier molecular flexibility index (Phi) is 15.3. The van der Waals surface area contributed by atoms with Crippen LogP contribution in [0.2, 0.25) is 0 Å². The summed E-state index contributed by atoms with van der Waals surface area (Å²) in [6, 6.07) is -3.09. The van der Waals surface area contributed by atoms with Crippen LogP contribution in [-0.2, 0) is 19.2 Å². The van der Waals surface area contributed by atoms with Gasteiger partial charge in [-0.2, -0.15) is 14.1 Å². The maximum Gasteiger partial charge on any atom is 0.326 e. The lowest BCUT2D eigenvalue weighted by Gasteiger charge is -2.13. The van der Waals surface area contributed by atoms with Gasteiger partial charge in [0.1, 0.15) is 12.6 Å². The van der Waals surface area contributed by atoms with Gasteiger partial charge in [-0.25, -0.2) is 9.59 Å². The summed E-state index contributed by atoms with van der Waals surface area (Å²) in [5, 5.41) is 39.3. The number of nitrogens with one attached hydrogen (secondary N) is 3. The highest BCUT2D eigenvalue weighted by Gasteiger charge is 2.21. The molecule has 0 aromatic rings. The van der Waals surface area contributed by atoms with E-state index < -0.39 is 49.0 Å². The Labute approximate surface area is 192 Å². The Morgan fingerprint density at radius 1 is 1.15 bits per heavy atom. The van der Waals surface area contributed by atoms with E-state index in [9.17, 15) is 27.9 Å². The van der Waals surface area contributed by atoms with Crippen LogP contribution in [0.5, 0.6) is 0 Å². The van der Waals surface area contributed by atoms with Crippen LogP contribution in [0.15, 0.2) is 33.5 Å². The normalized spacial score (nSPS) is 15.1. The average Bonchev–Trinajstić information content (AvgIpc) is 3.01. The highest BCUT2D eigenvalue weighted by Crippen LogP contribution is 2.21. The summed E-state index contributed by atoms with van der Waals surface area (Å²) in [5.74, 6) is -4.11. The monoisotopic (exact) mass is 491 g/mol. The Bertz CT molecular complexity index is 790. The number of amides is 3. The molecule has 0 saturated carbocycles. The van der Waals surface area contributed by atoms with Crippen molar-refractivity contribution >= 4 is 42.0 Å². The minimum atomic E-state index is -1.39. The van der Waals surface area contributed by atoms with E-state index in [2.05, 4.69) is 15.5 Å². The number of aliphatic carboxylic acids is 3. The largest absolute Gasteiger partial charge is 0.481 e. The minimum Gasteiger partial charge on any atom is -0.481 e. The second-order valence-electron chi connectivity index (χ2n) is 6.33. The van der Waals surface area contributed by atoms with Crippen LogP contribution < -0.4 is 16.0 Å². The summed E-state index contributed by atoms with van der Waals surface area (Å²) in [5.41, 5.74) is 0. The number of allylic oxidation sites excluding steroid dienone is 1. The van der Waals surface area contributed by atoms with Gasteiger partial charge in [0.2, 0.25) is 0 Å². The number of carbonyl (C=O) groups excluding carboxylic acids is 2. The molecule has 0 aliphatic carbocycles. The summed E-state index contributed by atoms with van der Waals surface area (Å²) in [4.78, 5) is 53.9. The molecule has 1 aliphatic heterocycles. The van der Waals surface area contributed by atoms with Crippen molar-refractivity contribution in [2.45, 2.75) is 44.7 Å². The van der Waals surface area contributed by atoms with Crippen molar-refractivity contribution in [1.29, 1.82) is 0 Å². The summed E-state index contributed by atoms with van der Waals surface area (Å²) < 4.78 is 12.4. The van der Waals surface area contributed by atoms with Gasteiger partial charge in [-0.05, 0) is 25.0 Å². The number of halogens is 1. The fraction of sp³-hybridized carbons (Fsp3) is 0.500. The number of azo groups is 1. The van der Waals surface area contributed by atoms with Gasteiger partial charge in [0.15, 0.2) is 6.04 Å². The molecule has 184 valence electrons. The quantitative estimate of drug-likeness (QED) is 0.218. The van der Waals surface area contributed by atoms with Gasteiger partial charge in [0, 0.05) is 17.9 Å². The minimum absolute atomic E-state index is 0.0829. The third kappa shape index (κ3) is 15.0. The van der Waals surface area contributed by atoms with E-state index in [1.165, 1.54) is 18.4 Å². The van der Waals surface area contributed by atoms with Gasteiger partial charge in [-0.3, -0.25) is 14.4 Å². The molecule has 2 atom stereocenters. The number of urea groups is 1. The third-order valence-electron chi connectivity index (χ3n) is 3.66. The van der Waals surface area contributed by atoms with Crippen molar-refractivity contribution in [3.63, 3.8) is 0 Å². The van der Waals surface area contributed by atoms with Crippen LogP contribution >= 0.6 is 12.1 Å². The third-order valence-corrected chi connectivity index (χ3v) is 4.11. The summed E-state index contributed by atoms with van der Waals surface area (Å²) >= 11 is 0.0829. The summed E-state index contributed by atoms with van der Waals surface area (Å²) in [6.07, 6.45) is 5.53. The molecule has 2 unspecified atom stereocenters. The molecule has 0 bridgehead atoms. The topological polar surface area (TPSA) is 207 Å². The SMILES string of the molecule is CCCCNC(=O)C1C=C(SF)C=CN=N1.O=C(O)CCC(NC(=O)NCC(=O)O)C(=O)O. The second-order valence-corrected chi connectivity index (χ2v) is 6.95. The first-order valence-electron chi connectivity index (χ1n) is 9.66. The van der Waals surface area contributed by atoms with Crippen LogP contribution in [0.25, 0.3) is 0 Å². The number of unbranched alkanes of at least 4 members (excludes halogenated alkanes) is 1. The van der Waals surface area contributed by atoms with Gasteiger partial charge in [-0.1, -0.05) is 13.3 Å². The Balaban J connectivity index is 0.000000621. The van der Waals surface area contributed by atoms with Gasteiger partial charge >= 0.3 is 23.9 Å². The van der Waals surface area contributed by atoms with Crippen molar-refractivity contribution in [3.8, 4) is 0 Å². The average molecular weight is 491 g/mol. The number of hydrogen-bond acceptors (Lipinski definition) is 8. The van der Waals surface area contributed by atoms with Crippen LogP contribution in [-0.4, -0.2) is 70.3 Å². The number of carbonyl (C=O) groups is 5. The predicted molar refractivity (Wildman–Crippen MR) is 115 cm³/mol. The Morgan fingerprint density at radius 2 is 1.85 bits per heavy atom. The zero-order valence-electron chi connectivity index (χ0n) is 17.7. The van der Waals surface area contributed by atoms with Crippen molar-refractivity contribution in [3.05, 3.63) is 23.3 Å². The van der Waals surface area contributed by atoms with E-state index in [-0.39, 0.29) is 24.5 Å². The Morgan fingerprint density at radius 3 is 2.39 bits per heavy atom. The van der Waals surface area contributed by atoms with Crippen LogP contribution in [0.1, 0.15) is 32.6 Å². The number of rotatable bonds is 12. The highest BCUT2D eigenvalue weighted by atomic mass is 32.2. The van der Waals surface area contributed by atoms with Crippen LogP contribution in [0.4, 0.5) is 8.68 Å². The van der Waals surface area contributed by atoms with Crippen LogP contribution in [0.3, 0.4) is 0 Å². The molecule has 13 nitrogen and oxygen atoms in total. The van der Waals surface area contributed by atoms with Crippen molar-refractivity contribution in [1.82, 2.24) is 16.0 Å². The number of nitrogens with zero attached hydrogens (tertiary/aromatic N) is 2. The molecule has 0 aromatic carbocycles. The summed E-state index contributed by atoms with van der Waals surface area (Å²) in [7, 11) is 0. The van der Waals surface area contributed by atoms with E-state index in [4.69, 9.17) is 15.3 Å². The molecule has 0 radical (unpaired) electrons. The Hall–Kier alpha value is -3.49. The fourth-order valence-electron chi connectivity index (χ4n) is 2.02. The van der Waals surface area contributed by atoms with Gasteiger partial charge in [-0.15, -0.1) is 0 Å². The van der Waals surface area contributed by atoms with Crippen molar-refractivity contribution in [2.24, 2.45) is 10.2 Å². The fourth-order valence-corrected chi connectivity index (χ4v) is 2.32. The van der Waals surface area contributed by atoms with Gasteiger partial charge < -0.3 is 31.3 Å². The smallest absolute Gasteiger partial charge is 0.326 e. The molecule has 3 amide bonds. The molecule has 0 aromatic heterocycles. The van der Waals surface area contributed by atoms with Gasteiger partial charge in [0.25, 0.3) is 5.91 Å². The molecule has 1 heterocycles. The number of carboxylic acids is 3. The lowest BCUT2D eigenvalue weighted by molar-refractivity contribution is -0.140. The van der Waals surface area contributed by atoms with E-state index in [0.717, 1.165) is 12.8 Å². The number of hydrogen-bond donors (Lipinski definition) is 6. The van der Waals surface area contributed by atoms with Crippen molar-refractivity contribution in [2.75, 3.05) is 13.1 Å². The zero-order chi connectivity index (χ0) is 25.2. The molecule has 6 N–H and O–H groups in total. The lowest BCUT2D eigenvalue weighted by Crippen LogP contribution is -2.47. The highest BCUT2D eigenvalue weighted by molar-refractivity contribution is 7.98. The lowest BCUT2D eigenvalue weighted by atomic mass is 10.1. The first kappa shape index (κ1) is 29.5. The van der Waals surface area contributed by atoms with E-state index in [1.54, 1.807) is 0 Å². The van der Waals surface area contributed by atoms with Crippen LogP contribution in [0, 0.1) is 0 Å². The molecule has 0 saturated heterocycles. The second kappa shape index (κ2) is 17.1. The van der Waals surface area contributed by atoms with E-state index in [0.29, 0.717) is 11.4 Å². The molecule has 0 fully saturated rings. The summed E-state index contributed by atoms with van der Waals surface area (Å²) in [6.45, 7) is 2.00. The predicted octanol–water partition coefficient (Wildman–Crippen LogP) is 1.44. The number of carboxylic acid groups (broad SMARTS) is 3. The van der Waals surface area contributed by atoms with E-state index in [1.807, 2.05) is 17.6 Å². The maximum absolute atomic E-state index is 12.4. The molecular formula is C18H26FN5O8S.